The second-order valence-corrected chi connectivity index (χ2v) is 6.00. The van der Waals surface area contributed by atoms with Crippen LogP contribution in [0.25, 0.3) is 0 Å². The Labute approximate surface area is 151 Å². The molecule has 26 heavy (non-hydrogen) atoms. The van der Waals surface area contributed by atoms with Crippen LogP contribution in [0.3, 0.4) is 0 Å². The summed E-state index contributed by atoms with van der Waals surface area (Å²) in [6.45, 7) is 4.16. The van der Waals surface area contributed by atoms with Crippen LogP contribution in [-0.4, -0.2) is 21.6 Å². The first-order chi connectivity index (χ1) is 12.5. The molecule has 0 aliphatic rings. The van der Waals surface area contributed by atoms with Crippen LogP contribution in [0.2, 0.25) is 0 Å². The number of furan rings is 1. The first-order valence-electron chi connectivity index (χ1n) is 8.26. The molecular formula is C19H20N4O3. The molecule has 0 saturated carbocycles. The first kappa shape index (κ1) is 17.5. The molecular weight excluding hydrogens is 332 g/mol. The molecule has 0 unspecified atom stereocenters. The van der Waals surface area contributed by atoms with Gasteiger partial charge in [0.1, 0.15) is 11.5 Å². The fourth-order valence-electron chi connectivity index (χ4n) is 2.54. The van der Waals surface area contributed by atoms with E-state index in [1.54, 1.807) is 29.9 Å². The van der Waals surface area contributed by atoms with Gasteiger partial charge >= 0.3 is 11.8 Å². The van der Waals surface area contributed by atoms with Gasteiger partial charge in [0.25, 0.3) is 0 Å². The molecule has 0 bridgehead atoms. The fourth-order valence-corrected chi connectivity index (χ4v) is 2.54. The Morgan fingerprint density at radius 1 is 1.19 bits per heavy atom. The van der Waals surface area contributed by atoms with Crippen molar-refractivity contribution in [1.29, 1.82) is 0 Å². The van der Waals surface area contributed by atoms with Crippen molar-refractivity contribution in [3.63, 3.8) is 0 Å². The molecule has 1 atom stereocenters. The lowest BCUT2D eigenvalue weighted by atomic mass is 10.2. The van der Waals surface area contributed by atoms with Gasteiger partial charge in [-0.25, -0.2) is 0 Å². The van der Waals surface area contributed by atoms with Gasteiger partial charge in [0.05, 0.1) is 12.6 Å². The summed E-state index contributed by atoms with van der Waals surface area (Å²) in [5.41, 5.74) is 1.52. The predicted octanol–water partition coefficient (Wildman–Crippen LogP) is 2.65. The molecule has 7 heteroatoms. The van der Waals surface area contributed by atoms with Gasteiger partial charge in [-0.2, -0.15) is 5.10 Å². The summed E-state index contributed by atoms with van der Waals surface area (Å²) >= 11 is 0. The van der Waals surface area contributed by atoms with Crippen molar-refractivity contribution in [2.75, 3.05) is 5.32 Å². The number of aryl methyl sites for hydroxylation is 1. The molecule has 2 aromatic heterocycles. The van der Waals surface area contributed by atoms with E-state index in [0.29, 0.717) is 18.0 Å². The van der Waals surface area contributed by atoms with Crippen molar-refractivity contribution >= 4 is 17.5 Å². The van der Waals surface area contributed by atoms with Crippen LogP contribution in [0, 0.1) is 6.92 Å². The Balaban J connectivity index is 1.59. The number of anilines is 1. The number of amides is 2. The number of carbonyl (C=O) groups excluding carboxylic acids is 2. The molecule has 0 saturated heterocycles. The number of nitrogens with one attached hydrogen (secondary N) is 2. The second kappa shape index (κ2) is 7.69. The van der Waals surface area contributed by atoms with E-state index in [1.807, 2.05) is 43.5 Å². The van der Waals surface area contributed by atoms with E-state index < -0.39 is 17.9 Å². The number of hydrogen-bond donors (Lipinski definition) is 2. The molecule has 3 rings (SSSR count). The number of carbonyl (C=O) groups is 2. The molecule has 1 aromatic carbocycles. The van der Waals surface area contributed by atoms with Crippen molar-refractivity contribution < 1.29 is 14.0 Å². The third-order valence-electron chi connectivity index (χ3n) is 3.83. The first-order valence-corrected chi connectivity index (χ1v) is 8.26. The lowest BCUT2D eigenvalue weighted by Gasteiger charge is -2.12. The molecule has 0 spiro atoms. The highest BCUT2D eigenvalue weighted by Crippen LogP contribution is 2.16. The van der Waals surface area contributed by atoms with E-state index in [1.165, 1.54) is 0 Å². The summed E-state index contributed by atoms with van der Waals surface area (Å²) in [5.74, 6) is -0.0928. The van der Waals surface area contributed by atoms with Gasteiger partial charge in [-0.15, -0.1) is 0 Å². The summed E-state index contributed by atoms with van der Waals surface area (Å²) in [6.07, 6.45) is 3.56. The molecule has 3 aromatic rings. The highest BCUT2D eigenvalue weighted by Gasteiger charge is 2.19. The van der Waals surface area contributed by atoms with Gasteiger partial charge < -0.3 is 15.1 Å². The maximum absolute atomic E-state index is 12.1. The highest BCUT2D eigenvalue weighted by atomic mass is 16.3. The SMILES string of the molecule is Cc1ccc([C@@H](C)NC(=O)C(=O)Nc2cccc(Cn3cccn3)c2)o1. The molecule has 0 fully saturated rings. The summed E-state index contributed by atoms with van der Waals surface area (Å²) in [4.78, 5) is 24.2. The maximum atomic E-state index is 12.1. The molecule has 2 heterocycles. The minimum Gasteiger partial charge on any atom is -0.464 e. The van der Waals surface area contributed by atoms with Crippen LogP contribution in [0.4, 0.5) is 5.69 Å². The standard InChI is InChI=1S/C19H20N4O3/c1-13-7-8-17(26-13)14(2)21-18(24)19(25)22-16-6-3-5-15(11-16)12-23-10-4-9-20-23/h3-11,14H,12H2,1-2H3,(H,21,24)(H,22,25)/t14-/m1/s1. The number of benzene rings is 1. The number of rotatable bonds is 5. The number of aromatic nitrogens is 2. The maximum Gasteiger partial charge on any atom is 0.313 e. The van der Waals surface area contributed by atoms with Gasteiger partial charge in [0.2, 0.25) is 0 Å². The number of nitrogens with zero attached hydrogens (tertiary/aromatic N) is 2. The average molecular weight is 352 g/mol. The molecule has 0 aliphatic heterocycles. The average Bonchev–Trinajstić information content (AvgIpc) is 3.26. The van der Waals surface area contributed by atoms with Gasteiger partial charge in [0.15, 0.2) is 0 Å². The normalized spacial score (nSPS) is 11.8. The third-order valence-corrected chi connectivity index (χ3v) is 3.83. The molecule has 2 N–H and O–H groups in total. The fraction of sp³-hybridized carbons (Fsp3) is 0.211. The van der Waals surface area contributed by atoms with Gasteiger partial charge in [-0.1, -0.05) is 12.1 Å². The van der Waals surface area contributed by atoms with Crippen LogP contribution in [0.5, 0.6) is 0 Å². The van der Waals surface area contributed by atoms with Crippen molar-refractivity contribution in [3.05, 3.63) is 71.9 Å². The minimum absolute atomic E-state index is 0.395. The monoisotopic (exact) mass is 352 g/mol. The lowest BCUT2D eigenvalue weighted by Crippen LogP contribution is -2.36. The van der Waals surface area contributed by atoms with Crippen molar-refractivity contribution in [3.8, 4) is 0 Å². The third kappa shape index (κ3) is 4.38. The van der Waals surface area contributed by atoms with Crippen LogP contribution in [-0.2, 0) is 16.1 Å². The zero-order valence-electron chi connectivity index (χ0n) is 14.6. The Bertz CT molecular complexity index is 899. The Kier molecular flexibility index (Phi) is 5.17. The van der Waals surface area contributed by atoms with Gasteiger partial charge in [-0.3, -0.25) is 14.3 Å². The highest BCUT2D eigenvalue weighted by molar-refractivity contribution is 6.39. The second-order valence-electron chi connectivity index (χ2n) is 6.00. The summed E-state index contributed by atoms with van der Waals surface area (Å²) in [6, 6.07) is 12.3. The van der Waals surface area contributed by atoms with Crippen LogP contribution < -0.4 is 10.6 Å². The van der Waals surface area contributed by atoms with Crippen LogP contribution in [0.1, 0.15) is 30.0 Å². The summed E-state index contributed by atoms with van der Waals surface area (Å²) in [5, 5.41) is 9.38. The topological polar surface area (TPSA) is 89.2 Å². The Morgan fingerprint density at radius 3 is 2.73 bits per heavy atom. The van der Waals surface area contributed by atoms with Crippen molar-refractivity contribution in [1.82, 2.24) is 15.1 Å². The molecule has 134 valence electrons. The minimum atomic E-state index is -0.726. The molecule has 2 amide bonds. The van der Waals surface area contributed by atoms with E-state index in [9.17, 15) is 9.59 Å². The van der Waals surface area contributed by atoms with E-state index in [2.05, 4.69) is 15.7 Å². The van der Waals surface area contributed by atoms with Crippen molar-refractivity contribution in [2.45, 2.75) is 26.4 Å². The van der Waals surface area contributed by atoms with Crippen LogP contribution >= 0.6 is 0 Å². The van der Waals surface area contributed by atoms with Gasteiger partial charge in [0, 0.05) is 18.1 Å². The molecule has 7 nitrogen and oxygen atoms in total. The lowest BCUT2D eigenvalue weighted by molar-refractivity contribution is -0.136. The number of hydrogen-bond acceptors (Lipinski definition) is 4. The van der Waals surface area contributed by atoms with Gasteiger partial charge in [-0.05, 0) is 49.7 Å². The van der Waals surface area contributed by atoms with E-state index in [4.69, 9.17) is 4.42 Å². The molecule has 0 aliphatic carbocycles. The van der Waals surface area contributed by atoms with E-state index in [-0.39, 0.29) is 0 Å². The zero-order chi connectivity index (χ0) is 18.5. The predicted molar refractivity (Wildman–Crippen MR) is 96.4 cm³/mol. The van der Waals surface area contributed by atoms with Crippen molar-refractivity contribution in [2.24, 2.45) is 0 Å². The zero-order valence-corrected chi connectivity index (χ0v) is 14.6. The quantitative estimate of drug-likeness (QED) is 0.691. The Hall–Kier alpha value is -3.35. The largest absolute Gasteiger partial charge is 0.464 e. The van der Waals surface area contributed by atoms with E-state index in [0.717, 1.165) is 11.3 Å². The van der Waals surface area contributed by atoms with E-state index >= 15 is 0 Å². The van der Waals surface area contributed by atoms with Crippen LogP contribution in [0.15, 0.2) is 59.3 Å². The summed E-state index contributed by atoms with van der Waals surface area (Å²) < 4.78 is 7.23. The smallest absolute Gasteiger partial charge is 0.313 e. The molecule has 0 radical (unpaired) electrons. The summed E-state index contributed by atoms with van der Waals surface area (Å²) in [7, 11) is 0. The Morgan fingerprint density at radius 2 is 2.04 bits per heavy atom.